The Balaban J connectivity index is 1.19. The van der Waals surface area contributed by atoms with Crippen LogP contribution in [0.1, 0.15) is 6.42 Å². The Labute approximate surface area is 164 Å². The molecule has 0 amide bonds. The number of rotatable bonds is 8. The van der Waals surface area contributed by atoms with Crippen LogP contribution in [0.15, 0.2) is 59.3 Å². The molecule has 2 aromatic carbocycles. The molecule has 0 spiro atoms. The minimum absolute atomic E-state index is 0.597. The first-order valence-corrected chi connectivity index (χ1v) is 10.1. The molecule has 0 saturated heterocycles. The van der Waals surface area contributed by atoms with Crippen molar-refractivity contribution in [3.63, 3.8) is 0 Å². The minimum Gasteiger partial charge on any atom is -0.493 e. The topological polar surface area (TPSA) is 70.0 Å². The van der Waals surface area contributed by atoms with Crippen LogP contribution in [0.3, 0.4) is 0 Å². The molecule has 0 aliphatic carbocycles. The van der Waals surface area contributed by atoms with Crippen molar-refractivity contribution in [1.29, 1.82) is 0 Å². The van der Waals surface area contributed by atoms with Crippen LogP contribution in [0.2, 0.25) is 0 Å². The summed E-state index contributed by atoms with van der Waals surface area (Å²) < 4.78 is 19.3. The number of hydrogen-bond acceptors (Lipinski definition) is 8. The Morgan fingerprint density at radius 3 is 1.44 bits per heavy atom. The SMILES string of the molecule is c1cc(-c2csnn2)ccc1OCCCOc1ccc(-c2csnn2)cc1. The molecule has 2 heterocycles. The Bertz CT molecular complexity index is 861. The van der Waals surface area contributed by atoms with Crippen LogP contribution < -0.4 is 9.47 Å². The summed E-state index contributed by atoms with van der Waals surface area (Å²) in [6.45, 7) is 1.19. The number of ether oxygens (including phenoxy) is 2. The number of aromatic nitrogens is 4. The van der Waals surface area contributed by atoms with Gasteiger partial charge in [0.25, 0.3) is 0 Å². The molecule has 0 aliphatic heterocycles. The molecule has 0 saturated carbocycles. The van der Waals surface area contributed by atoms with Crippen molar-refractivity contribution in [3.05, 3.63) is 59.3 Å². The van der Waals surface area contributed by atoms with E-state index in [0.717, 1.165) is 40.4 Å². The van der Waals surface area contributed by atoms with E-state index in [2.05, 4.69) is 19.2 Å². The molecule has 2 aromatic heterocycles. The number of hydrogen-bond donors (Lipinski definition) is 0. The fourth-order valence-corrected chi connectivity index (χ4v) is 3.39. The van der Waals surface area contributed by atoms with E-state index >= 15 is 0 Å². The first-order chi connectivity index (χ1) is 13.4. The smallest absolute Gasteiger partial charge is 0.119 e. The molecule has 0 bridgehead atoms. The van der Waals surface area contributed by atoms with Crippen LogP contribution in [0.5, 0.6) is 11.5 Å². The summed E-state index contributed by atoms with van der Waals surface area (Å²) in [6.07, 6.45) is 0.801. The van der Waals surface area contributed by atoms with Gasteiger partial charge in [-0.05, 0) is 71.6 Å². The van der Waals surface area contributed by atoms with E-state index in [1.54, 1.807) is 0 Å². The molecule has 27 heavy (non-hydrogen) atoms. The van der Waals surface area contributed by atoms with E-state index in [9.17, 15) is 0 Å². The van der Waals surface area contributed by atoms with Gasteiger partial charge in [-0.2, -0.15) is 0 Å². The molecule has 8 heteroatoms. The third kappa shape index (κ3) is 4.66. The van der Waals surface area contributed by atoms with Gasteiger partial charge in [-0.25, -0.2) is 0 Å². The molecule has 136 valence electrons. The Morgan fingerprint density at radius 1 is 0.630 bits per heavy atom. The molecule has 4 rings (SSSR count). The van der Waals surface area contributed by atoms with Gasteiger partial charge >= 0.3 is 0 Å². The van der Waals surface area contributed by atoms with Gasteiger partial charge in [-0.15, -0.1) is 10.2 Å². The number of benzene rings is 2. The van der Waals surface area contributed by atoms with Gasteiger partial charge in [0.15, 0.2) is 0 Å². The Hall–Kier alpha value is -2.84. The van der Waals surface area contributed by atoms with Crippen LogP contribution in [0.4, 0.5) is 0 Å². The maximum absolute atomic E-state index is 5.76. The molecule has 0 N–H and O–H groups in total. The maximum atomic E-state index is 5.76. The maximum Gasteiger partial charge on any atom is 0.119 e. The molecule has 0 unspecified atom stereocenters. The second-order valence-corrected chi connectivity index (χ2v) is 6.90. The lowest BCUT2D eigenvalue weighted by atomic mass is 10.2. The zero-order valence-corrected chi connectivity index (χ0v) is 15.9. The molecular formula is C19H16N4O2S2. The monoisotopic (exact) mass is 396 g/mol. The van der Waals surface area contributed by atoms with E-state index in [4.69, 9.17) is 9.47 Å². The van der Waals surface area contributed by atoms with Gasteiger partial charge in [-0.3, -0.25) is 0 Å². The average Bonchev–Trinajstić information content (AvgIpc) is 3.43. The third-order valence-corrected chi connectivity index (χ3v) is 4.86. The zero-order chi connectivity index (χ0) is 18.3. The molecular weight excluding hydrogens is 380 g/mol. The highest BCUT2D eigenvalue weighted by molar-refractivity contribution is 7.03. The molecule has 0 radical (unpaired) electrons. The predicted molar refractivity (Wildman–Crippen MR) is 106 cm³/mol. The second-order valence-electron chi connectivity index (χ2n) is 5.68. The normalized spacial score (nSPS) is 10.7. The summed E-state index contributed by atoms with van der Waals surface area (Å²) in [5, 5.41) is 12.0. The van der Waals surface area contributed by atoms with Crippen molar-refractivity contribution in [2.45, 2.75) is 6.42 Å². The highest BCUT2D eigenvalue weighted by Crippen LogP contribution is 2.22. The van der Waals surface area contributed by atoms with Crippen LogP contribution in [-0.4, -0.2) is 32.4 Å². The Kier molecular flexibility index (Phi) is 5.66. The van der Waals surface area contributed by atoms with Gasteiger partial charge in [-0.1, -0.05) is 8.98 Å². The summed E-state index contributed by atoms with van der Waals surface area (Å²) in [6, 6.07) is 15.7. The molecule has 0 aliphatic rings. The minimum atomic E-state index is 0.597. The fourth-order valence-electron chi connectivity index (χ4n) is 2.46. The summed E-state index contributed by atoms with van der Waals surface area (Å²) in [5.41, 5.74) is 3.85. The first kappa shape index (κ1) is 17.6. The molecule has 4 aromatic rings. The van der Waals surface area contributed by atoms with Gasteiger partial charge in [0.05, 0.1) is 13.2 Å². The zero-order valence-electron chi connectivity index (χ0n) is 14.3. The van der Waals surface area contributed by atoms with E-state index in [1.807, 2.05) is 59.3 Å². The molecule has 0 fully saturated rings. The second kappa shape index (κ2) is 8.70. The highest BCUT2D eigenvalue weighted by Gasteiger charge is 2.03. The predicted octanol–water partition coefficient (Wildman–Crippen LogP) is 4.57. The summed E-state index contributed by atoms with van der Waals surface area (Å²) in [4.78, 5) is 0. The van der Waals surface area contributed by atoms with Gasteiger partial charge < -0.3 is 9.47 Å². The van der Waals surface area contributed by atoms with E-state index in [0.29, 0.717) is 13.2 Å². The van der Waals surface area contributed by atoms with Crippen LogP contribution >= 0.6 is 23.1 Å². The Morgan fingerprint density at radius 2 is 1.07 bits per heavy atom. The standard InChI is InChI=1S/C19H16N4O2S2/c1(10-24-16-6-2-14(3-7-16)18-12-26-22-20-18)11-25-17-8-4-15(5-9-17)19-13-27-23-21-19/h2-9,12-13H,1,10-11H2. The van der Waals surface area contributed by atoms with Crippen molar-refractivity contribution < 1.29 is 9.47 Å². The summed E-state index contributed by atoms with van der Waals surface area (Å²) in [5.74, 6) is 1.67. The van der Waals surface area contributed by atoms with Gasteiger partial charge in [0.1, 0.15) is 22.9 Å². The molecule has 6 nitrogen and oxygen atoms in total. The summed E-state index contributed by atoms with van der Waals surface area (Å²) in [7, 11) is 0. The van der Waals surface area contributed by atoms with Crippen molar-refractivity contribution in [1.82, 2.24) is 19.2 Å². The first-order valence-electron chi connectivity index (χ1n) is 8.39. The van der Waals surface area contributed by atoms with Gasteiger partial charge in [0.2, 0.25) is 0 Å². The van der Waals surface area contributed by atoms with Crippen LogP contribution in [0.25, 0.3) is 22.5 Å². The van der Waals surface area contributed by atoms with Crippen molar-refractivity contribution in [3.8, 4) is 34.0 Å². The third-order valence-electron chi connectivity index (χ3n) is 3.85. The summed E-state index contributed by atoms with van der Waals surface area (Å²) >= 11 is 2.69. The molecule has 0 atom stereocenters. The van der Waals surface area contributed by atoms with Crippen molar-refractivity contribution in [2.24, 2.45) is 0 Å². The van der Waals surface area contributed by atoms with E-state index in [1.165, 1.54) is 23.1 Å². The van der Waals surface area contributed by atoms with Gasteiger partial charge in [0, 0.05) is 28.3 Å². The quantitative estimate of drug-likeness (QED) is 0.406. The largest absolute Gasteiger partial charge is 0.493 e. The highest BCUT2D eigenvalue weighted by atomic mass is 32.1. The van der Waals surface area contributed by atoms with Crippen LogP contribution in [-0.2, 0) is 0 Å². The lowest BCUT2D eigenvalue weighted by molar-refractivity contribution is 0.247. The number of nitrogens with zero attached hydrogens (tertiary/aromatic N) is 4. The fraction of sp³-hybridized carbons (Fsp3) is 0.158. The van der Waals surface area contributed by atoms with Crippen LogP contribution in [0, 0.1) is 0 Å². The van der Waals surface area contributed by atoms with Crippen molar-refractivity contribution >= 4 is 23.1 Å². The van der Waals surface area contributed by atoms with Crippen molar-refractivity contribution in [2.75, 3.05) is 13.2 Å². The lowest BCUT2D eigenvalue weighted by Gasteiger charge is -2.09. The average molecular weight is 396 g/mol. The van der Waals surface area contributed by atoms with E-state index < -0.39 is 0 Å². The van der Waals surface area contributed by atoms with E-state index in [-0.39, 0.29) is 0 Å². The lowest BCUT2D eigenvalue weighted by Crippen LogP contribution is -2.04.